The van der Waals surface area contributed by atoms with E-state index in [1.807, 2.05) is 20.8 Å². The smallest absolute Gasteiger partial charge is 0.218 e. The maximum absolute atomic E-state index is 10.5. The minimum Gasteiger partial charge on any atom is -0.354 e. The SMILES string of the molecule is C.CC.CC(=O)Cl.CC(=O)NC[C@@H](C)NC(C)=O. The Labute approximate surface area is 116 Å². The summed E-state index contributed by atoms with van der Waals surface area (Å²) in [7, 11) is 0. The topological polar surface area (TPSA) is 75.3 Å². The van der Waals surface area contributed by atoms with E-state index in [-0.39, 0.29) is 30.5 Å². The van der Waals surface area contributed by atoms with Crippen LogP contribution in [0.25, 0.3) is 0 Å². The first-order valence-electron chi connectivity index (χ1n) is 5.43. The van der Waals surface area contributed by atoms with Gasteiger partial charge < -0.3 is 10.6 Å². The molecule has 0 saturated heterocycles. The summed E-state index contributed by atoms with van der Waals surface area (Å²) in [4.78, 5) is 30.1. The molecule has 0 rings (SSSR count). The number of amides is 2. The highest BCUT2D eigenvalue weighted by molar-refractivity contribution is 6.62. The number of halogens is 1. The van der Waals surface area contributed by atoms with E-state index < -0.39 is 0 Å². The second-order valence-corrected chi connectivity index (χ2v) is 3.54. The van der Waals surface area contributed by atoms with E-state index in [0.29, 0.717) is 6.54 Å². The molecule has 0 radical (unpaired) electrons. The van der Waals surface area contributed by atoms with Crippen molar-refractivity contribution in [1.29, 1.82) is 0 Å². The van der Waals surface area contributed by atoms with E-state index in [4.69, 9.17) is 0 Å². The highest BCUT2D eigenvalue weighted by Crippen LogP contribution is 1.77. The fourth-order valence-electron chi connectivity index (χ4n) is 0.695. The Morgan fingerprint density at radius 2 is 1.39 bits per heavy atom. The van der Waals surface area contributed by atoms with Crippen molar-refractivity contribution in [1.82, 2.24) is 10.6 Å². The summed E-state index contributed by atoms with van der Waals surface area (Å²) in [6.45, 7) is 10.5. The predicted octanol–water partition coefficient (Wildman–Crippen LogP) is 2.08. The van der Waals surface area contributed by atoms with Gasteiger partial charge in [-0.15, -0.1) is 0 Å². The summed E-state index contributed by atoms with van der Waals surface area (Å²) in [5.74, 6) is -0.162. The van der Waals surface area contributed by atoms with Crippen molar-refractivity contribution >= 4 is 28.7 Å². The molecular formula is C12H27ClN2O3. The standard InChI is InChI=1S/C7H14N2O2.C2H3ClO.C2H6.CH4/c1-5(9-7(3)11)4-8-6(2)10;1-2(3)4;1-2;/h5H,4H2,1-3H3,(H,8,10)(H,9,11);1H3;1-2H3;1H4/t5-;;;/m1.../s1. The molecule has 0 fully saturated rings. The minimum atomic E-state index is -0.361. The Morgan fingerprint density at radius 1 is 1.06 bits per heavy atom. The van der Waals surface area contributed by atoms with Gasteiger partial charge in [0.15, 0.2) is 0 Å². The van der Waals surface area contributed by atoms with Gasteiger partial charge in [0.1, 0.15) is 0 Å². The van der Waals surface area contributed by atoms with Crippen LogP contribution >= 0.6 is 11.6 Å². The predicted molar refractivity (Wildman–Crippen MR) is 76.6 cm³/mol. The number of carbonyl (C=O) groups is 3. The van der Waals surface area contributed by atoms with E-state index in [1.54, 1.807) is 0 Å². The van der Waals surface area contributed by atoms with Gasteiger partial charge in [0.05, 0.1) is 0 Å². The highest BCUT2D eigenvalue weighted by Gasteiger charge is 2.02. The Balaban J connectivity index is -0.000000119. The number of carbonyl (C=O) groups excluding carboxylic acids is 3. The van der Waals surface area contributed by atoms with Crippen LogP contribution in [-0.2, 0) is 14.4 Å². The van der Waals surface area contributed by atoms with Crippen LogP contribution in [0.15, 0.2) is 0 Å². The Morgan fingerprint density at radius 3 is 1.61 bits per heavy atom. The molecule has 2 amide bonds. The lowest BCUT2D eigenvalue weighted by Crippen LogP contribution is -2.40. The summed E-state index contributed by atoms with van der Waals surface area (Å²) < 4.78 is 0. The maximum Gasteiger partial charge on any atom is 0.218 e. The minimum absolute atomic E-state index is 0. The summed E-state index contributed by atoms with van der Waals surface area (Å²) in [6.07, 6.45) is 0. The second kappa shape index (κ2) is 18.3. The molecule has 0 aromatic heterocycles. The van der Waals surface area contributed by atoms with Gasteiger partial charge in [0, 0.05) is 33.4 Å². The highest BCUT2D eigenvalue weighted by atomic mass is 35.5. The second-order valence-electron chi connectivity index (χ2n) is 3.01. The van der Waals surface area contributed by atoms with Crippen LogP contribution in [0, 0.1) is 0 Å². The molecule has 0 heterocycles. The summed E-state index contributed by atoms with van der Waals surface area (Å²) in [6, 6.07) is -0.00333. The van der Waals surface area contributed by atoms with E-state index >= 15 is 0 Å². The Bertz CT molecular complexity index is 229. The zero-order valence-electron chi connectivity index (χ0n) is 11.4. The molecule has 5 nitrogen and oxygen atoms in total. The lowest BCUT2D eigenvalue weighted by atomic mass is 10.3. The molecule has 0 aliphatic heterocycles. The Kier molecular flexibility index (Phi) is 26.1. The number of hydrogen-bond donors (Lipinski definition) is 2. The van der Waals surface area contributed by atoms with E-state index in [0.717, 1.165) is 0 Å². The van der Waals surface area contributed by atoms with E-state index in [1.165, 1.54) is 20.8 Å². The molecule has 0 aromatic carbocycles. The molecule has 0 spiro atoms. The first kappa shape index (κ1) is 25.7. The lowest BCUT2D eigenvalue weighted by molar-refractivity contribution is -0.121. The molecule has 0 aromatic rings. The average molecular weight is 283 g/mol. The van der Waals surface area contributed by atoms with Crippen LogP contribution in [0.4, 0.5) is 0 Å². The summed E-state index contributed by atoms with van der Waals surface area (Å²) >= 11 is 4.64. The number of rotatable bonds is 3. The van der Waals surface area contributed by atoms with Crippen molar-refractivity contribution in [3.05, 3.63) is 0 Å². The van der Waals surface area contributed by atoms with Crippen LogP contribution in [0.1, 0.15) is 49.0 Å². The van der Waals surface area contributed by atoms with Crippen molar-refractivity contribution in [2.24, 2.45) is 0 Å². The third kappa shape index (κ3) is 46.1. The van der Waals surface area contributed by atoms with Gasteiger partial charge in [-0.1, -0.05) is 21.3 Å². The van der Waals surface area contributed by atoms with Crippen molar-refractivity contribution in [3.63, 3.8) is 0 Å². The number of hydrogen-bond acceptors (Lipinski definition) is 3. The third-order valence-electron chi connectivity index (χ3n) is 1.11. The van der Waals surface area contributed by atoms with Crippen LogP contribution in [0.3, 0.4) is 0 Å². The molecule has 0 unspecified atom stereocenters. The normalized spacial score (nSPS) is 9.06. The fraction of sp³-hybridized carbons (Fsp3) is 0.750. The van der Waals surface area contributed by atoms with Gasteiger partial charge in [0.25, 0.3) is 0 Å². The summed E-state index contributed by atoms with van der Waals surface area (Å²) in [5, 5.41) is 4.88. The summed E-state index contributed by atoms with van der Waals surface area (Å²) in [5.41, 5.74) is 0. The first-order chi connectivity index (χ1) is 7.75. The molecule has 110 valence electrons. The van der Waals surface area contributed by atoms with Crippen molar-refractivity contribution in [2.75, 3.05) is 6.54 Å². The first-order valence-corrected chi connectivity index (χ1v) is 5.81. The molecule has 0 bridgehead atoms. The lowest BCUT2D eigenvalue weighted by Gasteiger charge is -2.11. The van der Waals surface area contributed by atoms with Gasteiger partial charge in [-0.2, -0.15) is 0 Å². The molecule has 0 aliphatic carbocycles. The van der Waals surface area contributed by atoms with Crippen LogP contribution in [0.2, 0.25) is 0 Å². The van der Waals surface area contributed by atoms with Crippen molar-refractivity contribution in [3.8, 4) is 0 Å². The van der Waals surface area contributed by atoms with Gasteiger partial charge in [-0.3, -0.25) is 14.4 Å². The fourth-order valence-corrected chi connectivity index (χ4v) is 0.695. The van der Waals surface area contributed by atoms with E-state index in [2.05, 4.69) is 22.2 Å². The van der Waals surface area contributed by atoms with Gasteiger partial charge in [0.2, 0.25) is 17.1 Å². The third-order valence-corrected chi connectivity index (χ3v) is 1.11. The van der Waals surface area contributed by atoms with E-state index in [9.17, 15) is 14.4 Å². The molecule has 1 atom stereocenters. The van der Waals surface area contributed by atoms with Gasteiger partial charge >= 0.3 is 0 Å². The largest absolute Gasteiger partial charge is 0.354 e. The molecule has 6 heteroatoms. The van der Waals surface area contributed by atoms with Gasteiger partial charge in [-0.25, -0.2) is 0 Å². The quantitative estimate of drug-likeness (QED) is 0.778. The molecular weight excluding hydrogens is 256 g/mol. The Hall–Kier alpha value is -1.10. The molecule has 2 N–H and O–H groups in total. The van der Waals surface area contributed by atoms with Crippen molar-refractivity contribution < 1.29 is 14.4 Å². The van der Waals surface area contributed by atoms with Crippen LogP contribution in [-0.4, -0.2) is 29.6 Å². The number of nitrogens with one attached hydrogen (secondary N) is 2. The molecule has 0 aliphatic rings. The molecule has 0 saturated carbocycles. The average Bonchev–Trinajstić information content (AvgIpc) is 2.16. The molecule has 18 heavy (non-hydrogen) atoms. The van der Waals surface area contributed by atoms with Crippen molar-refractivity contribution in [2.45, 2.75) is 55.0 Å². The zero-order valence-corrected chi connectivity index (χ0v) is 12.1. The van der Waals surface area contributed by atoms with Crippen LogP contribution in [0.5, 0.6) is 0 Å². The monoisotopic (exact) mass is 282 g/mol. The van der Waals surface area contributed by atoms with Gasteiger partial charge in [-0.05, 0) is 18.5 Å². The zero-order chi connectivity index (χ0) is 14.4. The maximum atomic E-state index is 10.5. The van der Waals surface area contributed by atoms with Crippen LogP contribution < -0.4 is 10.6 Å².